The lowest BCUT2D eigenvalue weighted by Crippen LogP contribution is -2.32. The van der Waals surface area contributed by atoms with Crippen LogP contribution in [0.15, 0.2) is 33.9 Å². The molecule has 20 heavy (non-hydrogen) atoms. The molecule has 0 fully saturated rings. The van der Waals surface area contributed by atoms with E-state index in [1.165, 1.54) is 12.1 Å². The summed E-state index contributed by atoms with van der Waals surface area (Å²) in [5.41, 5.74) is 5.10. The van der Waals surface area contributed by atoms with Gasteiger partial charge in [0, 0.05) is 0 Å². The van der Waals surface area contributed by atoms with E-state index in [9.17, 15) is 14.4 Å². The Morgan fingerprint density at radius 2 is 1.65 bits per heavy atom. The van der Waals surface area contributed by atoms with Crippen molar-refractivity contribution in [2.45, 2.75) is 12.5 Å². The van der Waals surface area contributed by atoms with Crippen molar-refractivity contribution in [1.82, 2.24) is 15.2 Å². The highest BCUT2D eigenvalue weighted by molar-refractivity contribution is 5.73. The second kappa shape index (κ2) is 6.95. The normalized spacial score (nSPS) is 11.2. The van der Waals surface area contributed by atoms with Crippen LogP contribution in [-0.4, -0.2) is 37.4 Å². The number of phenols is 1. The third kappa shape index (κ3) is 5.23. The number of nitrogens with two attached hydrogens (primary N) is 1. The van der Waals surface area contributed by atoms with Crippen LogP contribution in [0, 0.1) is 0 Å². The molecule has 0 aliphatic heterocycles. The van der Waals surface area contributed by atoms with Crippen molar-refractivity contribution in [3.05, 3.63) is 50.8 Å². The number of phenolic OH excluding ortho intramolecular Hbond substituents is 1. The second-order valence-electron chi connectivity index (χ2n) is 3.85. The largest absolute Gasteiger partial charge is 0.508 e. The molecule has 0 amide bonds. The van der Waals surface area contributed by atoms with Crippen LogP contribution in [0.4, 0.5) is 0 Å². The fraction of sp³-hybridized carbons (Fsp3) is 0.182. The number of aromatic amines is 3. The average Bonchev–Trinajstić information content (AvgIpc) is 2.76. The van der Waals surface area contributed by atoms with E-state index in [-0.39, 0.29) is 12.2 Å². The highest BCUT2D eigenvalue weighted by atomic mass is 16.4. The van der Waals surface area contributed by atoms with E-state index in [2.05, 4.69) is 0 Å². The first-order valence-electron chi connectivity index (χ1n) is 5.51. The highest BCUT2D eigenvalue weighted by Gasteiger charge is 2.11. The van der Waals surface area contributed by atoms with Gasteiger partial charge < -0.3 is 15.9 Å². The zero-order chi connectivity index (χ0) is 15.1. The minimum absolute atomic E-state index is 0.160. The van der Waals surface area contributed by atoms with Crippen molar-refractivity contribution < 1.29 is 15.0 Å². The van der Waals surface area contributed by atoms with Crippen LogP contribution in [0.2, 0.25) is 0 Å². The van der Waals surface area contributed by atoms with Gasteiger partial charge in [-0.1, -0.05) is 12.1 Å². The number of aliphatic carboxylic acids is 1. The molecule has 1 aromatic heterocycles. The molecule has 0 saturated carbocycles. The smallest absolute Gasteiger partial charge is 0.341 e. The van der Waals surface area contributed by atoms with Crippen LogP contribution in [0.1, 0.15) is 5.56 Å². The summed E-state index contributed by atoms with van der Waals surface area (Å²) in [5.74, 6) is -0.860. The Morgan fingerprint density at radius 3 is 2.00 bits per heavy atom. The van der Waals surface area contributed by atoms with Gasteiger partial charge in [0.15, 0.2) is 0 Å². The van der Waals surface area contributed by atoms with E-state index in [1.807, 2.05) is 15.2 Å². The third-order valence-electron chi connectivity index (χ3n) is 2.23. The number of carboxylic acid groups (broad SMARTS) is 1. The molecule has 108 valence electrons. The molecule has 9 nitrogen and oxygen atoms in total. The summed E-state index contributed by atoms with van der Waals surface area (Å²) >= 11 is 0. The minimum Gasteiger partial charge on any atom is -0.508 e. The Balaban J connectivity index is 0.000000240. The van der Waals surface area contributed by atoms with Gasteiger partial charge in [-0.05, 0) is 24.1 Å². The molecule has 0 spiro atoms. The first-order chi connectivity index (χ1) is 9.38. The fourth-order valence-electron chi connectivity index (χ4n) is 1.25. The number of carbonyl (C=O) groups is 1. The fourth-order valence-corrected chi connectivity index (χ4v) is 1.25. The summed E-state index contributed by atoms with van der Waals surface area (Å²) in [6.07, 6.45) is 0.273. The number of hydrogen-bond acceptors (Lipinski definition) is 5. The van der Waals surface area contributed by atoms with Gasteiger partial charge >= 0.3 is 17.3 Å². The first-order valence-corrected chi connectivity index (χ1v) is 5.51. The van der Waals surface area contributed by atoms with E-state index >= 15 is 0 Å². The molecular formula is C11H14N4O5. The van der Waals surface area contributed by atoms with E-state index in [0.717, 1.165) is 5.56 Å². The number of aromatic nitrogens is 3. The predicted molar refractivity (Wildman–Crippen MR) is 69.5 cm³/mol. The highest BCUT2D eigenvalue weighted by Crippen LogP contribution is 2.10. The maximum Gasteiger partial charge on any atom is 0.341 e. The Labute approximate surface area is 112 Å². The topological polar surface area (TPSA) is 165 Å². The maximum absolute atomic E-state index is 10.4. The average molecular weight is 282 g/mol. The van der Waals surface area contributed by atoms with Crippen molar-refractivity contribution >= 4 is 5.97 Å². The monoisotopic (exact) mass is 282 g/mol. The summed E-state index contributed by atoms with van der Waals surface area (Å²) in [4.78, 5) is 32.2. The lowest BCUT2D eigenvalue weighted by atomic mass is 10.1. The van der Waals surface area contributed by atoms with Gasteiger partial charge in [0.25, 0.3) is 0 Å². The van der Waals surface area contributed by atoms with Crippen molar-refractivity contribution in [1.29, 1.82) is 0 Å². The summed E-state index contributed by atoms with van der Waals surface area (Å²) in [5, 5.41) is 21.5. The predicted octanol–water partition coefficient (Wildman–Crippen LogP) is -1.26. The molecular weight excluding hydrogens is 268 g/mol. The van der Waals surface area contributed by atoms with Gasteiger partial charge in [-0.2, -0.15) is 0 Å². The van der Waals surface area contributed by atoms with Crippen molar-refractivity contribution in [3.63, 3.8) is 0 Å². The quantitative estimate of drug-likeness (QED) is 0.411. The number of H-pyrrole nitrogens is 3. The number of hydrogen-bond donors (Lipinski definition) is 6. The number of nitrogens with one attached hydrogen (secondary N) is 3. The number of carboxylic acids is 1. The molecule has 7 N–H and O–H groups in total. The standard InChI is InChI=1S/C9H11NO3.C2H3N3O2/c10-8(9(12)13)5-6-1-3-7(11)4-2-6;6-1-3-2(7)5-4-1/h1-4,8,11H,5,10H2,(H,12,13);(H3,3,4,5,6,7). The minimum atomic E-state index is -1.02. The van der Waals surface area contributed by atoms with Crippen molar-refractivity contribution in [3.8, 4) is 5.75 Å². The van der Waals surface area contributed by atoms with E-state index in [1.54, 1.807) is 12.1 Å². The third-order valence-corrected chi connectivity index (χ3v) is 2.23. The molecule has 0 aliphatic carbocycles. The summed E-state index contributed by atoms with van der Waals surface area (Å²) in [6.45, 7) is 0. The Bertz CT molecular complexity index is 630. The second-order valence-corrected chi connectivity index (χ2v) is 3.85. The number of rotatable bonds is 3. The van der Waals surface area contributed by atoms with Crippen LogP contribution < -0.4 is 17.1 Å². The lowest BCUT2D eigenvalue weighted by molar-refractivity contribution is -0.138. The molecule has 1 atom stereocenters. The van der Waals surface area contributed by atoms with Crippen LogP contribution in [0.25, 0.3) is 0 Å². The van der Waals surface area contributed by atoms with Gasteiger partial charge in [0.2, 0.25) is 0 Å². The number of aromatic hydroxyl groups is 1. The maximum atomic E-state index is 10.4. The van der Waals surface area contributed by atoms with Crippen LogP contribution in [-0.2, 0) is 11.2 Å². The number of benzene rings is 1. The Kier molecular flexibility index (Phi) is 5.30. The van der Waals surface area contributed by atoms with Crippen molar-refractivity contribution in [2.24, 2.45) is 5.73 Å². The summed E-state index contributed by atoms with van der Waals surface area (Å²) < 4.78 is 0. The molecule has 0 aliphatic rings. The van der Waals surface area contributed by atoms with Gasteiger partial charge in [-0.3, -0.25) is 9.78 Å². The molecule has 9 heteroatoms. The van der Waals surface area contributed by atoms with Gasteiger partial charge in [0.1, 0.15) is 11.8 Å². The summed E-state index contributed by atoms with van der Waals surface area (Å²) in [7, 11) is 0. The Hall–Kier alpha value is -2.81. The zero-order valence-corrected chi connectivity index (χ0v) is 10.3. The molecule has 0 bridgehead atoms. The van der Waals surface area contributed by atoms with Gasteiger partial charge in [-0.15, -0.1) is 0 Å². The molecule has 0 saturated heterocycles. The van der Waals surface area contributed by atoms with Gasteiger partial charge in [0.05, 0.1) is 0 Å². The van der Waals surface area contributed by atoms with Crippen molar-refractivity contribution in [2.75, 3.05) is 0 Å². The van der Waals surface area contributed by atoms with E-state index < -0.39 is 23.4 Å². The van der Waals surface area contributed by atoms with E-state index in [0.29, 0.717) is 0 Å². The SMILES string of the molecule is NC(Cc1ccc(O)cc1)C(=O)O.O=c1[nH][nH]c(=O)[nH]1. The van der Waals surface area contributed by atoms with Gasteiger partial charge in [-0.25, -0.2) is 19.8 Å². The Morgan fingerprint density at radius 1 is 1.15 bits per heavy atom. The molecule has 1 unspecified atom stereocenters. The van der Waals surface area contributed by atoms with Crippen LogP contribution >= 0.6 is 0 Å². The van der Waals surface area contributed by atoms with Crippen LogP contribution in [0.5, 0.6) is 5.75 Å². The molecule has 0 radical (unpaired) electrons. The summed E-state index contributed by atoms with van der Waals surface area (Å²) in [6, 6.07) is 5.42. The zero-order valence-electron chi connectivity index (χ0n) is 10.3. The molecule has 2 rings (SSSR count). The van der Waals surface area contributed by atoms with E-state index in [4.69, 9.17) is 15.9 Å². The first kappa shape index (κ1) is 15.2. The van der Waals surface area contributed by atoms with Crippen LogP contribution in [0.3, 0.4) is 0 Å². The molecule has 2 aromatic rings. The lowest BCUT2D eigenvalue weighted by Gasteiger charge is -2.05. The molecule has 1 aromatic carbocycles. The molecule has 1 heterocycles.